The van der Waals surface area contributed by atoms with E-state index in [9.17, 15) is 4.39 Å². The van der Waals surface area contributed by atoms with Gasteiger partial charge >= 0.3 is 0 Å². The molecule has 1 aromatic rings. The minimum absolute atomic E-state index is 0.186. The van der Waals surface area contributed by atoms with E-state index in [1.54, 1.807) is 24.9 Å². The molecule has 1 aromatic carbocycles. The lowest BCUT2D eigenvalue weighted by molar-refractivity contribution is 0.141. The Morgan fingerprint density at radius 2 is 2.22 bits per heavy atom. The van der Waals surface area contributed by atoms with Gasteiger partial charge < -0.3 is 15.4 Å². The fourth-order valence-electron chi connectivity index (χ4n) is 3.39. The summed E-state index contributed by atoms with van der Waals surface area (Å²) < 4.78 is 18.7. The summed E-state index contributed by atoms with van der Waals surface area (Å²) in [7, 11) is 1.75. The van der Waals surface area contributed by atoms with E-state index in [0.29, 0.717) is 12.6 Å². The van der Waals surface area contributed by atoms with Gasteiger partial charge in [-0.05, 0) is 55.8 Å². The van der Waals surface area contributed by atoms with Crippen LogP contribution in [-0.4, -0.2) is 63.1 Å². The van der Waals surface area contributed by atoms with Crippen molar-refractivity contribution in [3.05, 3.63) is 35.1 Å². The SMILES string of the molecule is CCNC(=NCc1ccc(F)cc1CSC)NCC1CCCN1CCOC. The number of halogens is 1. The van der Waals surface area contributed by atoms with Gasteiger partial charge in [-0.1, -0.05) is 6.07 Å². The van der Waals surface area contributed by atoms with E-state index < -0.39 is 0 Å². The Labute approximate surface area is 167 Å². The van der Waals surface area contributed by atoms with Gasteiger partial charge in [-0.25, -0.2) is 9.38 Å². The van der Waals surface area contributed by atoms with Crippen LogP contribution in [0.25, 0.3) is 0 Å². The van der Waals surface area contributed by atoms with Crippen molar-refractivity contribution in [2.75, 3.05) is 46.2 Å². The van der Waals surface area contributed by atoms with Crippen molar-refractivity contribution in [1.29, 1.82) is 0 Å². The molecular weight excluding hydrogens is 363 g/mol. The number of aliphatic imine (C=N–C) groups is 1. The van der Waals surface area contributed by atoms with Crippen molar-refractivity contribution in [2.45, 2.75) is 38.1 Å². The molecule has 152 valence electrons. The Morgan fingerprint density at radius 1 is 1.37 bits per heavy atom. The number of rotatable bonds is 10. The largest absolute Gasteiger partial charge is 0.383 e. The quantitative estimate of drug-likeness (QED) is 0.470. The number of benzene rings is 1. The maximum atomic E-state index is 13.5. The second-order valence-electron chi connectivity index (χ2n) is 6.75. The van der Waals surface area contributed by atoms with Gasteiger partial charge in [-0.2, -0.15) is 11.8 Å². The molecule has 1 aliphatic heterocycles. The normalized spacial score (nSPS) is 18.1. The molecule has 2 rings (SSSR count). The molecule has 0 radical (unpaired) electrons. The van der Waals surface area contributed by atoms with Gasteiger partial charge in [0.25, 0.3) is 0 Å². The van der Waals surface area contributed by atoms with Crippen LogP contribution in [0.3, 0.4) is 0 Å². The van der Waals surface area contributed by atoms with Crippen LogP contribution in [0.2, 0.25) is 0 Å². The lowest BCUT2D eigenvalue weighted by atomic mass is 10.1. The summed E-state index contributed by atoms with van der Waals surface area (Å²) in [5.41, 5.74) is 2.09. The molecule has 0 aliphatic carbocycles. The molecule has 0 bridgehead atoms. The van der Waals surface area contributed by atoms with Gasteiger partial charge in [0, 0.05) is 38.5 Å². The smallest absolute Gasteiger partial charge is 0.191 e. The van der Waals surface area contributed by atoms with Crippen LogP contribution in [0, 0.1) is 5.82 Å². The predicted molar refractivity (Wildman–Crippen MR) is 113 cm³/mol. The first-order valence-electron chi connectivity index (χ1n) is 9.69. The highest BCUT2D eigenvalue weighted by atomic mass is 32.2. The Hall–Kier alpha value is -1.31. The van der Waals surface area contributed by atoms with Gasteiger partial charge in [-0.15, -0.1) is 0 Å². The highest BCUT2D eigenvalue weighted by Gasteiger charge is 2.23. The zero-order valence-corrected chi connectivity index (χ0v) is 17.6. The van der Waals surface area contributed by atoms with E-state index in [2.05, 4.69) is 22.5 Å². The van der Waals surface area contributed by atoms with Crippen molar-refractivity contribution in [3.63, 3.8) is 0 Å². The molecule has 1 saturated heterocycles. The highest BCUT2D eigenvalue weighted by molar-refractivity contribution is 7.97. The number of hydrogen-bond donors (Lipinski definition) is 2. The number of ether oxygens (including phenoxy) is 1. The average molecular weight is 397 g/mol. The van der Waals surface area contributed by atoms with Crippen molar-refractivity contribution in [3.8, 4) is 0 Å². The third-order valence-corrected chi connectivity index (χ3v) is 5.41. The Bertz CT molecular complexity index is 599. The zero-order chi connectivity index (χ0) is 19.5. The van der Waals surface area contributed by atoms with Crippen LogP contribution >= 0.6 is 11.8 Å². The zero-order valence-electron chi connectivity index (χ0n) is 16.8. The molecule has 2 N–H and O–H groups in total. The van der Waals surface area contributed by atoms with Crippen LogP contribution in [0.1, 0.15) is 30.9 Å². The van der Waals surface area contributed by atoms with Gasteiger partial charge in [0.2, 0.25) is 0 Å². The van der Waals surface area contributed by atoms with Crippen molar-refractivity contribution < 1.29 is 9.13 Å². The van der Waals surface area contributed by atoms with Gasteiger partial charge in [0.1, 0.15) is 5.82 Å². The molecule has 0 saturated carbocycles. The van der Waals surface area contributed by atoms with Crippen LogP contribution in [0.15, 0.2) is 23.2 Å². The number of nitrogens with one attached hydrogen (secondary N) is 2. The lowest BCUT2D eigenvalue weighted by Crippen LogP contribution is -2.45. The first kappa shape index (κ1) is 22.0. The van der Waals surface area contributed by atoms with E-state index in [1.807, 2.05) is 12.3 Å². The van der Waals surface area contributed by atoms with Gasteiger partial charge in [0.05, 0.1) is 13.2 Å². The number of hydrogen-bond acceptors (Lipinski definition) is 4. The molecule has 1 aliphatic rings. The molecule has 1 unspecified atom stereocenters. The molecule has 7 heteroatoms. The Morgan fingerprint density at radius 3 is 2.96 bits per heavy atom. The topological polar surface area (TPSA) is 48.9 Å². The summed E-state index contributed by atoms with van der Waals surface area (Å²) in [5, 5.41) is 6.79. The third kappa shape index (κ3) is 7.31. The second kappa shape index (κ2) is 12.2. The lowest BCUT2D eigenvalue weighted by Gasteiger charge is -2.25. The monoisotopic (exact) mass is 396 g/mol. The first-order chi connectivity index (χ1) is 13.2. The summed E-state index contributed by atoms with van der Waals surface area (Å²) in [4.78, 5) is 7.21. The first-order valence-corrected chi connectivity index (χ1v) is 11.1. The van der Waals surface area contributed by atoms with Crippen LogP contribution in [0.5, 0.6) is 0 Å². The number of likely N-dealkylation sites (tertiary alicyclic amines) is 1. The van der Waals surface area contributed by atoms with E-state index in [-0.39, 0.29) is 5.82 Å². The summed E-state index contributed by atoms with van der Waals surface area (Å²) in [6.07, 6.45) is 4.46. The number of methoxy groups -OCH3 is 1. The molecule has 0 aromatic heterocycles. The summed E-state index contributed by atoms with van der Waals surface area (Å²) in [6.45, 7) is 7.18. The van der Waals surface area contributed by atoms with Crippen molar-refractivity contribution >= 4 is 17.7 Å². The van der Waals surface area contributed by atoms with Crippen molar-refractivity contribution in [2.24, 2.45) is 4.99 Å². The Kier molecular flexibility index (Phi) is 9.94. The van der Waals surface area contributed by atoms with E-state index >= 15 is 0 Å². The molecule has 1 heterocycles. The molecule has 0 amide bonds. The van der Waals surface area contributed by atoms with Crippen molar-refractivity contribution in [1.82, 2.24) is 15.5 Å². The molecule has 1 atom stereocenters. The Balaban J connectivity index is 1.96. The van der Waals surface area contributed by atoms with E-state index in [4.69, 9.17) is 9.73 Å². The second-order valence-corrected chi connectivity index (χ2v) is 7.61. The van der Waals surface area contributed by atoms with E-state index in [1.165, 1.54) is 18.9 Å². The third-order valence-electron chi connectivity index (χ3n) is 4.81. The highest BCUT2D eigenvalue weighted by Crippen LogP contribution is 2.18. The maximum absolute atomic E-state index is 13.5. The molecular formula is C20H33FN4OS. The van der Waals surface area contributed by atoms with Gasteiger partial charge in [0.15, 0.2) is 5.96 Å². The number of thioether (sulfide) groups is 1. The summed E-state index contributed by atoms with van der Waals surface area (Å²) >= 11 is 1.69. The fourth-order valence-corrected chi connectivity index (χ4v) is 3.97. The minimum atomic E-state index is -0.186. The number of nitrogens with zero attached hydrogens (tertiary/aromatic N) is 2. The molecule has 27 heavy (non-hydrogen) atoms. The summed E-state index contributed by atoms with van der Waals surface area (Å²) in [6, 6.07) is 5.49. The predicted octanol–water partition coefficient (Wildman–Crippen LogP) is 2.85. The fraction of sp³-hybridized carbons (Fsp3) is 0.650. The van der Waals surface area contributed by atoms with Crippen LogP contribution < -0.4 is 10.6 Å². The minimum Gasteiger partial charge on any atom is -0.383 e. The average Bonchev–Trinajstić information content (AvgIpc) is 3.11. The van der Waals surface area contributed by atoms with Gasteiger partial charge in [-0.3, -0.25) is 4.90 Å². The van der Waals surface area contributed by atoms with Crippen LogP contribution in [-0.2, 0) is 17.0 Å². The van der Waals surface area contributed by atoms with Crippen LogP contribution in [0.4, 0.5) is 4.39 Å². The standard InChI is InChI=1S/C20H33FN4OS/c1-4-22-20(24-14-19-6-5-9-25(19)10-11-26-2)23-13-16-7-8-18(21)12-17(16)15-27-3/h7-8,12,19H,4-6,9-11,13-15H2,1-3H3,(H2,22,23,24). The van der Waals surface area contributed by atoms with E-state index in [0.717, 1.165) is 55.6 Å². The molecule has 1 fully saturated rings. The maximum Gasteiger partial charge on any atom is 0.191 e. The molecule has 5 nitrogen and oxygen atoms in total. The number of guanidine groups is 1. The summed E-state index contributed by atoms with van der Waals surface area (Å²) in [5.74, 6) is 1.42. The molecule has 0 spiro atoms.